The van der Waals surface area contributed by atoms with Gasteiger partial charge >= 0.3 is 22.4 Å². The molecule has 0 atom stereocenters. The van der Waals surface area contributed by atoms with Crippen molar-refractivity contribution in [1.29, 1.82) is 0 Å². The number of anilines is 1. The first kappa shape index (κ1) is 30.9. The molecule has 4 aromatic rings. The number of ether oxygens (including phenoxy) is 1. The number of carboxylic acids is 1. The van der Waals surface area contributed by atoms with Crippen LogP contribution in [-0.2, 0) is 34.3 Å². The van der Waals surface area contributed by atoms with Gasteiger partial charge in [0.25, 0.3) is 0 Å². The van der Waals surface area contributed by atoms with E-state index in [1.807, 2.05) is 0 Å². The van der Waals surface area contributed by atoms with Crippen LogP contribution in [0.3, 0.4) is 0 Å². The summed E-state index contributed by atoms with van der Waals surface area (Å²) in [5.74, 6) is -0.316. The summed E-state index contributed by atoms with van der Waals surface area (Å²) < 4.78 is 78.2. The normalized spacial score (nSPS) is 12.0. The summed E-state index contributed by atoms with van der Waals surface area (Å²) in [6, 6.07) is 16.9. The monoisotopic (exact) mass is 623 g/mol. The zero-order valence-corrected chi connectivity index (χ0v) is 23.9. The molecule has 3 aromatic carbocycles. The van der Waals surface area contributed by atoms with Crippen molar-refractivity contribution >= 4 is 33.5 Å². The number of halogens is 4. The van der Waals surface area contributed by atoms with E-state index < -0.39 is 34.5 Å². The average Bonchev–Trinajstić information content (AvgIpc) is 3.32. The molecule has 0 fully saturated rings. The van der Waals surface area contributed by atoms with Crippen molar-refractivity contribution in [3.05, 3.63) is 100 Å². The number of carbonyl (C=O) groups is 1. The zero-order valence-electron chi connectivity index (χ0n) is 22.3. The molecule has 0 saturated carbocycles. The first-order valence-electron chi connectivity index (χ1n) is 12.3. The summed E-state index contributed by atoms with van der Waals surface area (Å²) in [6.45, 7) is 0.679. The second-order valence-electron chi connectivity index (χ2n) is 9.14. The fraction of sp³-hybridized carbons (Fsp3) is 0.214. The number of carboxylic acid groups (broad SMARTS) is 1. The predicted molar refractivity (Wildman–Crippen MR) is 149 cm³/mol. The minimum atomic E-state index is -4.45. The molecule has 0 bridgehead atoms. The van der Waals surface area contributed by atoms with Crippen LogP contribution in [0.2, 0.25) is 5.02 Å². The Bertz CT molecular complexity index is 1640. The van der Waals surface area contributed by atoms with Gasteiger partial charge in [-0.15, -0.1) is 0 Å². The van der Waals surface area contributed by atoms with Crippen molar-refractivity contribution < 1.29 is 40.6 Å². The highest BCUT2D eigenvalue weighted by molar-refractivity contribution is 7.90. The van der Waals surface area contributed by atoms with Crippen molar-refractivity contribution in [2.24, 2.45) is 0 Å². The number of aryl methyl sites for hydroxylation is 1. The SMILES string of the molecule is Cc1oc(-c2ccc(C(F)(F)F)cc2)nc1COc1ccc(CN(CC(=O)O)S(=O)(=O)N(C)c2ccc(Cl)cc2)cc1. The highest BCUT2D eigenvalue weighted by Gasteiger charge is 2.31. The van der Waals surface area contributed by atoms with E-state index in [1.165, 1.54) is 43.4 Å². The van der Waals surface area contributed by atoms with Crippen LogP contribution in [0.25, 0.3) is 11.5 Å². The molecule has 42 heavy (non-hydrogen) atoms. The van der Waals surface area contributed by atoms with Gasteiger partial charge < -0.3 is 14.3 Å². The van der Waals surface area contributed by atoms with Crippen LogP contribution in [0, 0.1) is 6.92 Å². The van der Waals surface area contributed by atoms with E-state index in [0.717, 1.165) is 20.7 Å². The van der Waals surface area contributed by atoms with E-state index in [2.05, 4.69) is 4.98 Å². The predicted octanol–water partition coefficient (Wildman–Crippen LogP) is 6.17. The summed E-state index contributed by atoms with van der Waals surface area (Å²) in [4.78, 5) is 15.8. The third-order valence-corrected chi connectivity index (χ3v) is 8.25. The second kappa shape index (κ2) is 12.4. The Labute approximate surface area is 244 Å². The van der Waals surface area contributed by atoms with Gasteiger partial charge in [0.15, 0.2) is 0 Å². The van der Waals surface area contributed by atoms with Crippen LogP contribution < -0.4 is 9.04 Å². The van der Waals surface area contributed by atoms with Crippen LogP contribution in [0.15, 0.2) is 77.2 Å². The molecule has 0 unspecified atom stereocenters. The molecular formula is C28H25ClF3N3O6S. The molecule has 9 nitrogen and oxygen atoms in total. The summed E-state index contributed by atoms with van der Waals surface area (Å²) in [7, 11) is -2.90. The maximum Gasteiger partial charge on any atom is 0.416 e. The molecule has 1 heterocycles. The number of rotatable bonds is 11. The van der Waals surface area contributed by atoms with Gasteiger partial charge in [-0.3, -0.25) is 9.10 Å². The number of oxazole rings is 1. The molecule has 4 rings (SSSR count). The van der Waals surface area contributed by atoms with Crippen molar-refractivity contribution in [2.45, 2.75) is 26.3 Å². The molecule has 0 radical (unpaired) electrons. The van der Waals surface area contributed by atoms with E-state index in [1.54, 1.807) is 31.2 Å². The van der Waals surface area contributed by atoms with Crippen LogP contribution >= 0.6 is 11.6 Å². The van der Waals surface area contributed by atoms with Crippen LogP contribution in [0.1, 0.15) is 22.6 Å². The highest BCUT2D eigenvalue weighted by Crippen LogP contribution is 2.31. The van der Waals surface area contributed by atoms with Gasteiger partial charge in [-0.25, -0.2) is 4.98 Å². The van der Waals surface area contributed by atoms with E-state index in [-0.39, 0.29) is 19.0 Å². The zero-order chi connectivity index (χ0) is 30.7. The molecule has 0 aliphatic rings. The maximum absolute atomic E-state index is 13.2. The average molecular weight is 624 g/mol. The molecule has 0 amide bonds. The molecule has 222 valence electrons. The summed E-state index contributed by atoms with van der Waals surface area (Å²) in [5.41, 5.74) is 0.864. The van der Waals surface area contributed by atoms with Gasteiger partial charge in [0, 0.05) is 24.2 Å². The summed E-state index contributed by atoms with van der Waals surface area (Å²) in [5, 5.41) is 9.78. The van der Waals surface area contributed by atoms with Crippen molar-refractivity contribution in [1.82, 2.24) is 9.29 Å². The number of hydrogen-bond acceptors (Lipinski definition) is 6. The Kier molecular flexibility index (Phi) is 9.14. The number of hydrogen-bond donors (Lipinski definition) is 1. The van der Waals surface area contributed by atoms with Crippen LogP contribution in [0.4, 0.5) is 18.9 Å². The summed E-state index contributed by atoms with van der Waals surface area (Å²) >= 11 is 5.88. The van der Waals surface area contributed by atoms with Crippen LogP contribution in [-0.4, -0.2) is 42.4 Å². The summed E-state index contributed by atoms with van der Waals surface area (Å²) in [6.07, 6.45) is -4.45. The van der Waals surface area contributed by atoms with Crippen molar-refractivity contribution in [2.75, 3.05) is 17.9 Å². The molecular weight excluding hydrogens is 599 g/mol. The number of benzene rings is 3. The lowest BCUT2D eigenvalue weighted by Crippen LogP contribution is -2.44. The minimum absolute atomic E-state index is 0.000714. The Morgan fingerprint density at radius 3 is 2.21 bits per heavy atom. The van der Waals surface area contributed by atoms with Gasteiger partial charge in [0.05, 0.1) is 11.3 Å². The second-order valence-corrected chi connectivity index (χ2v) is 11.5. The number of nitrogens with zero attached hydrogens (tertiary/aromatic N) is 3. The van der Waals surface area contributed by atoms with E-state index in [0.29, 0.717) is 39.0 Å². The molecule has 0 spiro atoms. The first-order chi connectivity index (χ1) is 19.7. The third kappa shape index (κ3) is 7.41. The molecule has 14 heteroatoms. The molecule has 0 aliphatic heterocycles. The Hall–Kier alpha value is -4.07. The standard InChI is InChI=1S/C28H25ClF3N3O6S/c1-18-25(33-27(41-18)20-5-7-21(8-6-20)28(30,31)32)17-40-24-13-3-19(4-14-24)15-35(16-26(36)37)42(38,39)34(2)23-11-9-22(29)10-12-23/h3-14H,15-17H2,1-2H3,(H,36,37). The molecule has 1 N–H and O–H groups in total. The topological polar surface area (TPSA) is 113 Å². The van der Waals surface area contributed by atoms with E-state index in [9.17, 15) is 31.5 Å². The number of aromatic nitrogens is 1. The molecule has 1 aromatic heterocycles. The van der Waals surface area contributed by atoms with Gasteiger partial charge in [-0.1, -0.05) is 23.7 Å². The Balaban J connectivity index is 1.42. The minimum Gasteiger partial charge on any atom is -0.487 e. The van der Waals surface area contributed by atoms with Gasteiger partial charge in [0.2, 0.25) is 5.89 Å². The number of alkyl halides is 3. The Morgan fingerprint density at radius 2 is 1.64 bits per heavy atom. The van der Waals surface area contributed by atoms with E-state index in [4.69, 9.17) is 20.8 Å². The van der Waals surface area contributed by atoms with Gasteiger partial charge in [0.1, 0.15) is 30.4 Å². The highest BCUT2D eigenvalue weighted by atomic mass is 35.5. The first-order valence-corrected chi connectivity index (χ1v) is 14.1. The van der Waals surface area contributed by atoms with Gasteiger partial charge in [-0.2, -0.15) is 25.9 Å². The number of aliphatic carboxylic acids is 1. The lowest BCUT2D eigenvalue weighted by molar-refractivity contribution is -0.138. The smallest absolute Gasteiger partial charge is 0.416 e. The van der Waals surface area contributed by atoms with Crippen molar-refractivity contribution in [3.8, 4) is 17.2 Å². The third-order valence-electron chi connectivity index (χ3n) is 6.18. The molecule has 0 aliphatic carbocycles. The fourth-order valence-electron chi connectivity index (χ4n) is 3.86. The largest absolute Gasteiger partial charge is 0.487 e. The van der Waals surface area contributed by atoms with Gasteiger partial charge in [-0.05, 0) is 73.2 Å². The lowest BCUT2D eigenvalue weighted by atomic mass is 10.1. The molecule has 0 saturated heterocycles. The maximum atomic E-state index is 13.2. The lowest BCUT2D eigenvalue weighted by Gasteiger charge is -2.27. The fourth-order valence-corrected chi connectivity index (χ4v) is 5.31. The quantitative estimate of drug-likeness (QED) is 0.213. The van der Waals surface area contributed by atoms with E-state index >= 15 is 0 Å². The Morgan fingerprint density at radius 1 is 1.02 bits per heavy atom. The van der Waals surface area contributed by atoms with Crippen molar-refractivity contribution in [3.63, 3.8) is 0 Å². The van der Waals surface area contributed by atoms with Crippen LogP contribution in [0.5, 0.6) is 5.75 Å².